The molecule has 0 aromatic heterocycles. The summed E-state index contributed by atoms with van der Waals surface area (Å²) in [5.41, 5.74) is -0.401. The molecule has 0 aliphatic carbocycles. The lowest BCUT2D eigenvalue weighted by Crippen LogP contribution is -2.35. The lowest BCUT2D eigenvalue weighted by atomic mass is 9.87. The highest BCUT2D eigenvalue weighted by Crippen LogP contribution is 2.44. The molecule has 1 heterocycles. The van der Waals surface area contributed by atoms with Crippen molar-refractivity contribution in [3.63, 3.8) is 0 Å². The van der Waals surface area contributed by atoms with Gasteiger partial charge in [0.1, 0.15) is 5.75 Å². The molecule has 1 atom stereocenters. The number of carbonyl (C=O) groups excluding carboxylic acids is 1. The average Bonchev–Trinajstić information content (AvgIpc) is 2.73. The van der Waals surface area contributed by atoms with Gasteiger partial charge in [-0.1, -0.05) is 29.8 Å². The van der Waals surface area contributed by atoms with Crippen LogP contribution in [0.2, 0.25) is 5.02 Å². The zero-order valence-corrected chi connectivity index (χ0v) is 12.1. The second kappa shape index (κ2) is 5.06. The molecular formula is C16H14ClNO3. The van der Waals surface area contributed by atoms with Crippen LogP contribution in [0.15, 0.2) is 42.5 Å². The third kappa shape index (κ3) is 2.07. The van der Waals surface area contributed by atoms with E-state index in [0.29, 0.717) is 34.2 Å². The standard InChI is InChI=1S/C16H14ClNO3/c1-2-21-14-6-4-3-5-11(14)16(20)12-9-10(17)7-8-13(12)18-15(16)19/h3-9,20H,2H2,1H3,(H,18,19). The van der Waals surface area contributed by atoms with E-state index in [9.17, 15) is 9.90 Å². The van der Waals surface area contributed by atoms with E-state index in [2.05, 4.69) is 5.32 Å². The summed E-state index contributed by atoms with van der Waals surface area (Å²) in [5.74, 6) is -0.0302. The third-order valence-corrected chi connectivity index (χ3v) is 3.76. The van der Waals surface area contributed by atoms with Gasteiger partial charge >= 0.3 is 0 Å². The topological polar surface area (TPSA) is 58.6 Å². The molecule has 5 heteroatoms. The van der Waals surface area contributed by atoms with Gasteiger partial charge < -0.3 is 15.2 Å². The van der Waals surface area contributed by atoms with Crippen LogP contribution in [0.3, 0.4) is 0 Å². The average molecular weight is 304 g/mol. The van der Waals surface area contributed by atoms with Crippen LogP contribution in [-0.2, 0) is 10.4 Å². The van der Waals surface area contributed by atoms with E-state index in [4.69, 9.17) is 16.3 Å². The Morgan fingerprint density at radius 3 is 2.76 bits per heavy atom. The molecule has 21 heavy (non-hydrogen) atoms. The van der Waals surface area contributed by atoms with Gasteiger partial charge in [0.2, 0.25) is 0 Å². The van der Waals surface area contributed by atoms with E-state index >= 15 is 0 Å². The monoisotopic (exact) mass is 303 g/mol. The molecule has 2 aromatic rings. The van der Waals surface area contributed by atoms with Gasteiger partial charge in [0.25, 0.3) is 5.91 Å². The zero-order valence-electron chi connectivity index (χ0n) is 11.4. The van der Waals surface area contributed by atoms with Crippen LogP contribution in [0.25, 0.3) is 0 Å². The molecule has 0 fully saturated rings. The lowest BCUT2D eigenvalue weighted by molar-refractivity contribution is -0.129. The second-order valence-electron chi connectivity index (χ2n) is 4.78. The quantitative estimate of drug-likeness (QED) is 0.916. The molecule has 0 saturated carbocycles. The first kappa shape index (κ1) is 13.9. The number of para-hydroxylation sites is 1. The Balaban J connectivity index is 2.22. The van der Waals surface area contributed by atoms with E-state index < -0.39 is 11.5 Å². The Morgan fingerprint density at radius 2 is 2.00 bits per heavy atom. The molecule has 1 unspecified atom stereocenters. The summed E-state index contributed by atoms with van der Waals surface area (Å²) in [7, 11) is 0. The lowest BCUT2D eigenvalue weighted by Gasteiger charge is -2.24. The molecule has 2 N–H and O–H groups in total. The van der Waals surface area contributed by atoms with Gasteiger partial charge in [-0.2, -0.15) is 0 Å². The minimum atomic E-state index is -1.80. The van der Waals surface area contributed by atoms with Crippen molar-refractivity contribution in [2.75, 3.05) is 11.9 Å². The summed E-state index contributed by atoms with van der Waals surface area (Å²) in [5, 5.41) is 14.2. The van der Waals surface area contributed by atoms with Crippen molar-refractivity contribution in [3.8, 4) is 5.75 Å². The van der Waals surface area contributed by atoms with Crippen molar-refractivity contribution in [2.24, 2.45) is 0 Å². The van der Waals surface area contributed by atoms with Crippen molar-refractivity contribution in [3.05, 3.63) is 58.6 Å². The Morgan fingerprint density at radius 1 is 1.24 bits per heavy atom. The summed E-state index contributed by atoms with van der Waals surface area (Å²) in [6.07, 6.45) is 0. The molecule has 4 nitrogen and oxygen atoms in total. The predicted molar refractivity (Wildman–Crippen MR) is 80.7 cm³/mol. The highest BCUT2D eigenvalue weighted by molar-refractivity contribution is 6.31. The van der Waals surface area contributed by atoms with Gasteiger partial charge in [-0.3, -0.25) is 4.79 Å². The maximum Gasteiger partial charge on any atom is 0.266 e. The van der Waals surface area contributed by atoms with Gasteiger partial charge in [-0.25, -0.2) is 0 Å². The van der Waals surface area contributed by atoms with Gasteiger partial charge in [0, 0.05) is 21.8 Å². The highest BCUT2D eigenvalue weighted by Gasteiger charge is 2.48. The first-order valence-corrected chi connectivity index (χ1v) is 7.01. The van der Waals surface area contributed by atoms with E-state index in [0.717, 1.165) is 0 Å². The molecule has 0 bridgehead atoms. The number of halogens is 1. The van der Waals surface area contributed by atoms with Crippen LogP contribution in [0.1, 0.15) is 18.1 Å². The van der Waals surface area contributed by atoms with Gasteiger partial charge in [0.15, 0.2) is 5.60 Å². The summed E-state index contributed by atoms with van der Waals surface area (Å²) in [4.78, 5) is 12.4. The van der Waals surface area contributed by atoms with Crippen LogP contribution in [0.5, 0.6) is 5.75 Å². The Kier molecular flexibility index (Phi) is 3.35. The number of anilines is 1. The Labute approximate surface area is 127 Å². The minimum absolute atomic E-state index is 0.408. The van der Waals surface area contributed by atoms with E-state index in [1.165, 1.54) is 0 Å². The van der Waals surface area contributed by atoms with E-state index in [1.807, 2.05) is 6.92 Å². The van der Waals surface area contributed by atoms with Crippen LogP contribution >= 0.6 is 11.6 Å². The molecular weight excluding hydrogens is 290 g/mol. The number of amides is 1. The summed E-state index contributed by atoms with van der Waals surface area (Å²) < 4.78 is 5.54. The number of ether oxygens (including phenoxy) is 1. The number of benzene rings is 2. The maximum atomic E-state index is 12.4. The normalized spacial score (nSPS) is 20.0. The van der Waals surface area contributed by atoms with Crippen molar-refractivity contribution >= 4 is 23.2 Å². The summed E-state index contributed by atoms with van der Waals surface area (Å²) >= 11 is 6.01. The molecule has 1 amide bonds. The maximum absolute atomic E-state index is 12.4. The van der Waals surface area contributed by atoms with Crippen LogP contribution < -0.4 is 10.1 Å². The fourth-order valence-corrected chi connectivity index (χ4v) is 2.75. The van der Waals surface area contributed by atoms with Crippen molar-refractivity contribution in [1.82, 2.24) is 0 Å². The predicted octanol–water partition coefficient (Wildman–Crippen LogP) is 2.93. The minimum Gasteiger partial charge on any atom is -0.493 e. The van der Waals surface area contributed by atoms with Gasteiger partial charge in [-0.05, 0) is 31.2 Å². The van der Waals surface area contributed by atoms with Crippen LogP contribution in [0, 0.1) is 0 Å². The first-order valence-electron chi connectivity index (χ1n) is 6.63. The highest BCUT2D eigenvalue weighted by atomic mass is 35.5. The number of hydrogen-bond acceptors (Lipinski definition) is 3. The number of carbonyl (C=O) groups is 1. The van der Waals surface area contributed by atoms with Gasteiger partial charge in [0.05, 0.1) is 6.61 Å². The summed E-state index contributed by atoms with van der Waals surface area (Å²) in [6, 6.07) is 11.9. The van der Waals surface area contributed by atoms with E-state index in [-0.39, 0.29) is 0 Å². The third-order valence-electron chi connectivity index (χ3n) is 3.52. The fraction of sp³-hybridized carbons (Fsp3) is 0.188. The number of hydrogen-bond donors (Lipinski definition) is 2. The van der Waals surface area contributed by atoms with Crippen molar-refractivity contribution in [2.45, 2.75) is 12.5 Å². The Hall–Kier alpha value is -2.04. The molecule has 108 valence electrons. The molecule has 1 aliphatic rings. The number of aliphatic hydroxyl groups is 1. The zero-order chi connectivity index (χ0) is 15.0. The number of fused-ring (bicyclic) bond motifs is 1. The SMILES string of the molecule is CCOc1ccccc1C1(O)C(=O)Nc2ccc(Cl)cc21. The van der Waals surface area contributed by atoms with E-state index in [1.54, 1.807) is 42.5 Å². The molecule has 3 rings (SSSR count). The Bertz CT molecular complexity index is 716. The first-order chi connectivity index (χ1) is 10.1. The van der Waals surface area contributed by atoms with Crippen LogP contribution in [-0.4, -0.2) is 17.6 Å². The van der Waals surface area contributed by atoms with Gasteiger partial charge in [-0.15, -0.1) is 0 Å². The fourth-order valence-electron chi connectivity index (χ4n) is 2.57. The smallest absolute Gasteiger partial charge is 0.266 e. The molecule has 1 aliphatic heterocycles. The summed E-state index contributed by atoms with van der Waals surface area (Å²) in [6.45, 7) is 2.29. The second-order valence-corrected chi connectivity index (χ2v) is 5.22. The van der Waals surface area contributed by atoms with Crippen LogP contribution in [0.4, 0.5) is 5.69 Å². The largest absolute Gasteiger partial charge is 0.493 e. The van der Waals surface area contributed by atoms with Crippen molar-refractivity contribution < 1.29 is 14.6 Å². The molecule has 0 radical (unpaired) electrons. The molecule has 0 spiro atoms. The van der Waals surface area contributed by atoms with Crippen molar-refractivity contribution in [1.29, 1.82) is 0 Å². The molecule has 0 saturated heterocycles. The molecule has 2 aromatic carbocycles. The number of nitrogens with one attached hydrogen (secondary N) is 1. The number of rotatable bonds is 3.